The van der Waals surface area contributed by atoms with Crippen molar-refractivity contribution < 1.29 is 28.6 Å². The summed E-state index contributed by atoms with van der Waals surface area (Å²) in [6.07, 6.45) is 1.48. The highest BCUT2D eigenvalue weighted by Gasteiger charge is 2.40. The van der Waals surface area contributed by atoms with Gasteiger partial charge in [-0.2, -0.15) is 0 Å². The maximum absolute atomic E-state index is 13.2. The Morgan fingerprint density at radius 3 is 2.48 bits per heavy atom. The number of esters is 1. The summed E-state index contributed by atoms with van der Waals surface area (Å²) < 4.78 is 16.1. The number of aromatic amines is 1. The summed E-state index contributed by atoms with van der Waals surface area (Å²) in [5.74, 6) is 0.309. The first-order valence-corrected chi connectivity index (χ1v) is 11.3. The number of amides is 2. The van der Waals surface area contributed by atoms with Gasteiger partial charge in [0.2, 0.25) is 5.91 Å². The first kappa shape index (κ1) is 23.1. The van der Waals surface area contributed by atoms with Crippen LogP contribution >= 0.6 is 0 Å². The van der Waals surface area contributed by atoms with E-state index in [4.69, 9.17) is 14.2 Å². The molecule has 0 atom stereocenters. The largest absolute Gasteiger partial charge is 0.496 e. The Balaban J connectivity index is 1.45. The van der Waals surface area contributed by atoms with Crippen molar-refractivity contribution in [3.05, 3.63) is 30.0 Å². The molecule has 3 heterocycles. The van der Waals surface area contributed by atoms with Crippen molar-refractivity contribution >= 4 is 28.7 Å². The van der Waals surface area contributed by atoms with Crippen LogP contribution in [-0.4, -0.2) is 85.7 Å². The number of likely N-dealkylation sites (tertiary alicyclic amines) is 1. The summed E-state index contributed by atoms with van der Waals surface area (Å²) in [7, 11) is 1.61. The fraction of sp³-hybridized carbons (Fsp3) is 0.542. The van der Waals surface area contributed by atoms with Crippen LogP contribution in [0.1, 0.15) is 36.7 Å². The topological polar surface area (TPSA) is 101 Å². The van der Waals surface area contributed by atoms with Crippen molar-refractivity contribution in [2.45, 2.75) is 26.2 Å². The number of rotatable bonds is 6. The molecule has 2 aliphatic heterocycles. The molecule has 1 N–H and O–H groups in total. The summed E-state index contributed by atoms with van der Waals surface area (Å²) in [6, 6.07) is 7.47. The molecule has 178 valence electrons. The molecular weight excluding hydrogens is 426 g/mol. The second-order valence-electron chi connectivity index (χ2n) is 8.85. The number of aromatic nitrogens is 1. The van der Waals surface area contributed by atoms with Gasteiger partial charge in [-0.3, -0.25) is 14.4 Å². The molecule has 4 rings (SSSR count). The van der Waals surface area contributed by atoms with Crippen LogP contribution in [-0.2, 0) is 19.1 Å². The summed E-state index contributed by atoms with van der Waals surface area (Å²) in [6.45, 7) is 4.78. The number of carbonyl (C=O) groups excluding carboxylic acids is 3. The van der Waals surface area contributed by atoms with Gasteiger partial charge in [0.05, 0.1) is 26.9 Å². The van der Waals surface area contributed by atoms with Gasteiger partial charge >= 0.3 is 5.97 Å². The van der Waals surface area contributed by atoms with Crippen molar-refractivity contribution in [3.8, 4) is 5.75 Å². The summed E-state index contributed by atoms with van der Waals surface area (Å²) >= 11 is 0. The van der Waals surface area contributed by atoms with Crippen LogP contribution in [0.15, 0.2) is 24.3 Å². The number of methoxy groups -OCH3 is 1. The molecule has 33 heavy (non-hydrogen) atoms. The van der Waals surface area contributed by atoms with Gasteiger partial charge in [-0.15, -0.1) is 0 Å². The van der Waals surface area contributed by atoms with Crippen LogP contribution in [0.4, 0.5) is 0 Å². The highest BCUT2D eigenvalue weighted by atomic mass is 16.5. The van der Waals surface area contributed by atoms with E-state index >= 15 is 0 Å². The third kappa shape index (κ3) is 5.13. The van der Waals surface area contributed by atoms with Gasteiger partial charge in [0.15, 0.2) is 0 Å². The zero-order valence-electron chi connectivity index (χ0n) is 19.2. The van der Waals surface area contributed by atoms with E-state index in [-0.39, 0.29) is 24.4 Å². The molecule has 1 aromatic heterocycles. The number of hydrogen-bond donors (Lipinski definition) is 1. The number of piperidine rings is 1. The predicted octanol–water partition coefficient (Wildman–Crippen LogP) is 2.21. The zero-order chi connectivity index (χ0) is 23.4. The van der Waals surface area contributed by atoms with Crippen LogP contribution in [0, 0.1) is 5.41 Å². The lowest BCUT2D eigenvalue weighted by atomic mass is 9.75. The van der Waals surface area contributed by atoms with E-state index in [2.05, 4.69) is 4.98 Å². The molecule has 0 aliphatic carbocycles. The van der Waals surface area contributed by atoms with Gasteiger partial charge in [0.25, 0.3) is 5.91 Å². The molecule has 1 aromatic carbocycles. The molecule has 0 spiro atoms. The maximum Gasteiger partial charge on any atom is 0.302 e. The number of fused-ring (bicyclic) bond motifs is 1. The van der Waals surface area contributed by atoms with E-state index in [0.29, 0.717) is 70.1 Å². The van der Waals surface area contributed by atoms with Gasteiger partial charge in [-0.1, -0.05) is 6.07 Å². The SMILES string of the molecule is COc1cccc2[nH]c(C(=O)N3CCC(COC(C)=O)(CC(=O)N4CCOCC4)CC3)cc12. The van der Waals surface area contributed by atoms with Crippen LogP contribution in [0.2, 0.25) is 0 Å². The summed E-state index contributed by atoms with van der Waals surface area (Å²) in [5, 5.41) is 0.862. The second-order valence-corrected chi connectivity index (χ2v) is 8.85. The number of benzene rings is 1. The van der Waals surface area contributed by atoms with Crippen LogP contribution in [0.3, 0.4) is 0 Å². The lowest BCUT2D eigenvalue weighted by Gasteiger charge is -2.42. The van der Waals surface area contributed by atoms with Crippen molar-refractivity contribution in [3.63, 3.8) is 0 Å². The average molecular weight is 458 g/mol. The molecule has 2 aliphatic rings. The number of carbonyl (C=O) groups is 3. The molecule has 0 unspecified atom stereocenters. The number of hydrogen-bond acceptors (Lipinski definition) is 6. The molecule has 2 saturated heterocycles. The van der Waals surface area contributed by atoms with Gasteiger partial charge in [0.1, 0.15) is 11.4 Å². The van der Waals surface area contributed by atoms with Crippen molar-refractivity contribution in [1.82, 2.24) is 14.8 Å². The molecule has 2 aromatic rings. The monoisotopic (exact) mass is 457 g/mol. The third-order valence-corrected chi connectivity index (χ3v) is 6.66. The molecule has 0 bridgehead atoms. The Morgan fingerprint density at radius 2 is 1.82 bits per heavy atom. The Morgan fingerprint density at radius 1 is 1.09 bits per heavy atom. The standard InChI is InChI=1S/C24H31N3O6/c1-17(28)33-16-24(15-22(29)26-10-12-32-13-11-26)6-8-27(9-7-24)23(30)20-14-18-19(25-20)4-3-5-21(18)31-2/h3-5,14,25H,6-13,15-16H2,1-2H3. The summed E-state index contributed by atoms with van der Waals surface area (Å²) in [4.78, 5) is 44.4. The first-order valence-electron chi connectivity index (χ1n) is 11.3. The van der Waals surface area contributed by atoms with E-state index in [1.54, 1.807) is 12.0 Å². The molecule has 2 amide bonds. The molecular formula is C24H31N3O6. The number of nitrogens with zero attached hydrogens (tertiary/aromatic N) is 2. The smallest absolute Gasteiger partial charge is 0.302 e. The fourth-order valence-corrected chi connectivity index (χ4v) is 4.65. The fourth-order valence-electron chi connectivity index (χ4n) is 4.65. The number of morpholine rings is 1. The molecule has 2 fully saturated rings. The third-order valence-electron chi connectivity index (χ3n) is 6.66. The van der Waals surface area contributed by atoms with Gasteiger partial charge in [0, 0.05) is 55.8 Å². The van der Waals surface area contributed by atoms with Crippen molar-refractivity contribution in [2.75, 3.05) is 53.1 Å². The van der Waals surface area contributed by atoms with E-state index in [9.17, 15) is 14.4 Å². The minimum absolute atomic E-state index is 0.0490. The Labute approximate surface area is 192 Å². The Kier molecular flexibility index (Phi) is 6.88. The maximum atomic E-state index is 13.2. The first-order chi connectivity index (χ1) is 15.9. The Hall–Kier alpha value is -3.07. The van der Waals surface area contributed by atoms with Crippen LogP contribution < -0.4 is 4.74 Å². The van der Waals surface area contributed by atoms with E-state index in [1.807, 2.05) is 29.2 Å². The van der Waals surface area contributed by atoms with Gasteiger partial charge in [-0.05, 0) is 31.0 Å². The van der Waals surface area contributed by atoms with Gasteiger partial charge < -0.3 is 29.0 Å². The second kappa shape index (κ2) is 9.82. The molecule has 0 radical (unpaired) electrons. The zero-order valence-corrected chi connectivity index (χ0v) is 19.2. The summed E-state index contributed by atoms with van der Waals surface area (Å²) in [5.41, 5.74) is 0.878. The number of nitrogens with one attached hydrogen (secondary N) is 1. The van der Waals surface area contributed by atoms with E-state index in [1.165, 1.54) is 6.92 Å². The minimum Gasteiger partial charge on any atom is -0.496 e. The Bertz CT molecular complexity index is 1020. The van der Waals surface area contributed by atoms with E-state index < -0.39 is 5.41 Å². The normalized spacial score (nSPS) is 18.2. The minimum atomic E-state index is -0.471. The highest BCUT2D eigenvalue weighted by molar-refractivity contribution is 5.99. The molecule has 9 heteroatoms. The van der Waals surface area contributed by atoms with Gasteiger partial charge in [-0.25, -0.2) is 0 Å². The number of ether oxygens (including phenoxy) is 3. The number of H-pyrrole nitrogens is 1. The predicted molar refractivity (Wildman–Crippen MR) is 121 cm³/mol. The highest BCUT2D eigenvalue weighted by Crippen LogP contribution is 2.37. The van der Waals surface area contributed by atoms with Crippen LogP contribution in [0.25, 0.3) is 10.9 Å². The molecule has 9 nitrogen and oxygen atoms in total. The average Bonchev–Trinajstić information content (AvgIpc) is 3.28. The lowest BCUT2D eigenvalue weighted by Crippen LogP contribution is -2.49. The quantitative estimate of drug-likeness (QED) is 0.668. The van der Waals surface area contributed by atoms with Crippen molar-refractivity contribution in [1.29, 1.82) is 0 Å². The lowest BCUT2D eigenvalue weighted by molar-refractivity contribution is -0.150. The van der Waals surface area contributed by atoms with Crippen LogP contribution in [0.5, 0.6) is 5.75 Å². The van der Waals surface area contributed by atoms with Crippen molar-refractivity contribution in [2.24, 2.45) is 5.41 Å². The molecule has 0 saturated carbocycles. The van der Waals surface area contributed by atoms with E-state index in [0.717, 1.165) is 10.9 Å².